The molecule has 0 spiro atoms. The fourth-order valence-corrected chi connectivity index (χ4v) is 1.50. The zero-order valence-corrected chi connectivity index (χ0v) is 28.9. The maximum atomic E-state index is 9.64. The molecule has 14 N–H and O–H groups in total. The Bertz CT molecular complexity index is 923. The van der Waals surface area contributed by atoms with Gasteiger partial charge in [-0.15, -0.1) is 0 Å². The SMILES string of the molecule is O=C(O)CCC(=O)O.O=C(O)CCC(=O)O.O=C(O)CCC(=O)O.O=C(O)CCC(=O)O.O=C(O)CCC(=O)O.O=C(O)CCC(=O)O.O=C(O)CCC(=O)O. The second-order valence-corrected chi connectivity index (χ2v) is 9.01. The molecule has 0 aliphatic heterocycles. The molecule has 0 fully saturated rings. The number of aliphatic carboxylic acids is 14. The van der Waals surface area contributed by atoms with Gasteiger partial charge < -0.3 is 71.5 Å². The molecule has 0 radical (unpaired) electrons. The Morgan fingerprint density at radius 1 is 0.143 bits per heavy atom. The van der Waals surface area contributed by atoms with Gasteiger partial charge in [0.15, 0.2) is 0 Å². The Hall–Kier alpha value is -7.42. The van der Waals surface area contributed by atoms with E-state index in [9.17, 15) is 67.1 Å². The van der Waals surface area contributed by atoms with E-state index in [2.05, 4.69) is 0 Å². The average Bonchev–Trinajstić information content (AvgIpc) is 3.03. The monoisotopic (exact) mass is 826 g/mol. The van der Waals surface area contributed by atoms with Crippen LogP contribution in [0.5, 0.6) is 0 Å². The minimum Gasteiger partial charge on any atom is -0.481 e. The first-order valence-electron chi connectivity index (χ1n) is 14.4. The summed E-state index contributed by atoms with van der Waals surface area (Å²) < 4.78 is 0. The van der Waals surface area contributed by atoms with Crippen molar-refractivity contribution in [3.8, 4) is 0 Å². The lowest BCUT2D eigenvalue weighted by atomic mass is 10.3. The van der Waals surface area contributed by atoms with E-state index in [0.29, 0.717) is 0 Å². The van der Waals surface area contributed by atoms with Crippen molar-refractivity contribution in [2.45, 2.75) is 89.9 Å². The predicted octanol–water partition coefficient (Wildman–Crippen LogP) is -0.449. The highest BCUT2D eigenvalue weighted by atomic mass is 16.4. The highest BCUT2D eigenvalue weighted by molar-refractivity contribution is 5.78. The topological polar surface area (TPSA) is 522 Å². The Kier molecular flexibility index (Phi) is 49.7. The molecule has 0 rings (SSSR count). The molecule has 0 aromatic carbocycles. The second-order valence-electron chi connectivity index (χ2n) is 9.01. The van der Waals surface area contributed by atoms with Crippen molar-refractivity contribution in [1.29, 1.82) is 0 Å². The van der Waals surface area contributed by atoms with Crippen LogP contribution in [0.15, 0.2) is 0 Å². The third-order valence-electron chi connectivity index (χ3n) is 3.87. The fourth-order valence-electron chi connectivity index (χ4n) is 1.50. The van der Waals surface area contributed by atoms with E-state index in [1.807, 2.05) is 0 Å². The van der Waals surface area contributed by atoms with E-state index >= 15 is 0 Å². The van der Waals surface area contributed by atoms with E-state index in [1.54, 1.807) is 0 Å². The summed E-state index contributed by atoms with van der Waals surface area (Å²) in [6.45, 7) is 0. The predicted molar refractivity (Wildman–Crippen MR) is 172 cm³/mol. The summed E-state index contributed by atoms with van der Waals surface area (Å²) in [5.41, 5.74) is 0. The maximum Gasteiger partial charge on any atom is 0.303 e. The van der Waals surface area contributed by atoms with Gasteiger partial charge in [0.1, 0.15) is 0 Å². The molecule has 0 aliphatic rings. The molecule has 0 amide bonds. The van der Waals surface area contributed by atoms with Crippen LogP contribution in [0.2, 0.25) is 0 Å². The molecule has 0 heterocycles. The van der Waals surface area contributed by atoms with E-state index in [4.69, 9.17) is 71.5 Å². The van der Waals surface area contributed by atoms with Crippen molar-refractivity contribution in [2.24, 2.45) is 0 Å². The molecule has 0 atom stereocenters. The van der Waals surface area contributed by atoms with Crippen molar-refractivity contribution in [3.63, 3.8) is 0 Å². The third kappa shape index (κ3) is 127. The average molecular weight is 827 g/mol. The van der Waals surface area contributed by atoms with Gasteiger partial charge in [-0.2, -0.15) is 0 Å². The van der Waals surface area contributed by atoms with Crippen LogP contribution in [-0.4, -0.2) is 155 Å². The summed E-state index contributed by atoms with van der Waals surface area (Å²) in [6, 6.07) is 0. The molecule has 0 bridgehead atoms. The zero-order chi connectivity index (χ0) is 46.0. The van der Waals surface area contributed by atoms with Gasteiger partial charge in [0.25, 0.3) is 0 Å². The van der Waals surface area contributed by atoms with Crippen LogP contribution in [-0.2, 0) is 67.1 Å². The number of carbonyl (C=O) groups is 14. The van der Waals surface area contributed by atoms with E-state index in [-0.39, 0.29) is 89.9 Å². The van der Waals surface area contributed by atoms with Crippen molar-refractivity contribution in [3.05, 3.63) is 0 Å². The Balaban J connectivity index is -0.000000100. The van der Waals surface area contributed by atoms with Crippen molar-refractivity contribution in [2.75, 3.05) is 0 Å². The van der Waals surface area contributed by atoms with E-state index < -0.39 is 83.6 Å². The van der Waals surface area contributed by atoms with Gasteiger partial charge in [-0.05, 0) is 0 Å². The molecular weight excluding hydrogens is 784 g/mol. The first kappa shape index (κ1) is 63.6. The van der Waals surface area contributed by atoms with Crippen LogP contribution in [0.25, 0.3) is 0 Å². The van der Waals surface area contributed by atoms with Gasteiger partial charge >= 0.3 is 83.6 Å². The summed E-state index contributed by atoms with van der Waals surface area (Å²) in [4.78, 5) is 135. The summed E-state index contributed by atoms with van der Waals surface area (Å²) in [5.74, 6) is -15.1. The summed E-state index contributed by atoms with van der Waals surface area (Å²) in [5, 5.41) is 111. The molecule has 28 heteroatoms. The Morgan fingerprint density at radius 2 is 0.179 bits per heavy atom. The number of hydrogen-bond acceptors (Lipinski definition) is 14. The lowest BCUT2D eigenvalue weighted by Crippen LogP contribution is -2.00. The lowest BCUT2D eigenvalue weighted by Gasteiger charge is -1.85. The highest BCUT2D eigenvalue weighted by Crippen LogP contribution is 1.89. The molecule has 0 aromatic heterocycles. The molecule has 322 valence electrons. The van der Waals surface area contributed by atoms with E-state index in [0.717, 1.165) is 0 Å². The van der Waals surface area contributed by atoms with Gasteiger partial charge in [-0.25, -0.2) is 0 Å². The van der Waals surface area contributed by atoms with Crippen LogP contribution in [0.3, 0.4) is 0 Å². The molecule has 0 saturated carbocycles. The van der Waals surface area contributed by atoms with Gasteiger partial charge in [0.2, 0.25) is 0 Å². The number of rotatable bonds is 21. The van der Waals surface area contributed by atoms with Gasteiger partial charge in [0.05, 0.1) is 89.9 Å². The van der Waals surface area contributed by atoms with E-state index in [1.165, 1.54) is 0 Å². The number of hydrogen-bond donors (Lipinski definition) is 14. The molecule has 56 heavy (non-hydrogen) atoms. The molecule has 0 unspecified atom stereocenters. The van der Waals surface area contributed by atoms with Gasteiger partial charge in [-0.1, -0.05) is 0 Å². The van der Waals surface area contributed by atoms with Crippen LogP contribution in [0.4, 0.5) is 0 Å². The fraction of sp³-hybridized carbons (Fsp3) is 0.500. The molecule has 0 aliphatic carbocycles. The summed E-state index contributed by atoms with van der Waals surface area (Å²) >= 11 is 0. The van der Waals surface area contributed by atoms with Crippen molar-refractivity contribution in [1.82, 2.24) is 0 Å². The third-order valence-corrected chi connectivity index (χ3v) is 3.87. The first-order chi connectivity index (χ1) is 25.4. The first-order valence-corrected chi connectivity index (χ1v) is 14.4. The number of carboxylic acids is 14. The number of carboxylic acid groups (broad SMARTS) is 14. The summed E-state index contributed by atoms with van der Waals surface area (Å²) in [6.07, 6.45) is -4.15. The smallest absolute Gasteiger partial charge is 0.303 e. The normalized spacial score (nSPS) is 8.50. The molecular formula is C28H42O28. The Labute approximate surface area is 312 Å². The highest BCUT2D eigenvalue weighted by Gasteiger charge is 2.04. The Morgan fingerprint density at radius 3 is 0.196 bits per heavy atom. The zero-order valence-electron chi connectivity index (χ0n) is 28.9. The van der Waals surface area contributed by atoms with Crippen LogP contribution >= 0.6 is 0 Å². The molecule has 0 saturated heterocycles. The van der Waals surface area contributed by atoms with Crippen molar-refractivity contribution < 1.29 is 139 Å². The quantitative estimate of drug-likeness (QED) is 0.0696. The maximum absolute atomic E-state index is 9.64. The summed E-state index contributed by atoms with van der Waals surface area (Å²) in [7, 11) is 0. The van der Waals surface area contributed by atoms with Gasteiger partial charge in [-0.3, -0.25) is 67.1 Å². The lowest BCUT2D eigenvalue weighted by molar-refractivity contribution is -0.143. The minimum absolute atomic E-state index is 0.296. The standard InChI is InChI=1S/7C4H6O4/c7*5-3(6)1-2-4(7)8/h7*1-2H2,(H,5,6)(H,7,8). The van der Waals surface area contributed by atoms with Crippen LogP contribution in [0, 0.1) is 0 Å². The molecule has 0 aromatic rings. The van der Waals surface area contributed by atoms with Crippen LogP contribution in [0.1, 0.15) is 89.9 Å². The van der Waals surface area contributed by atoms with Gasteiger partial charge in [0, 0.05) is 0 Å². The molecule has 28 nitrogen and oxygen atoms in total. The minimum atomic E-state index is -1.08. The van der Waals surface area contributed by atoms with Crippen LogP contribution < -0.4 is 0 Å². The second kappa shape index (κ2) is 43.7. The van der Waals surface area contributed by atoms with Crippen molar-refractivity contribution >= 4 is 83.6 Å². The largest absolute Gasteiger partial charge is 0.481 e.